The molecule has 0 spiro atoms. The fraction of sp³-hybridized carbons (Fsp3) is 0.176. The van der Waals surface area contributed by atoms with Crippen LogP contribution in [0.15, 0.2) is 42.5 Å². The van der Waals surface area contributed by atoms with Gasteiger partial charge in [-0.25, -0.2) is 0 Å². The Balaban J connectivity index is 2.17. The standard InChI is InChI=1S/C17H15Cl2NO3/c1-10(21)14(8-11-2-4-12(18)5-3-11)17(23)20-16-9-13(22)6-7-15(16)19/h2-7,9,14,22H,8H2,1H3,(H,20,23). The van der Waals surface area contributed by atoms with Crippen LogP contribution in [0.4, 0.5) is 5.69 Å². The third-order valence-electron chi connectivity index (χ3n) is 3.37. The lowest BCUT2D eigenvalue weighted by Gasteiger charge is -2.15. The largest absolute Gasteiger partial charge is 0.508 e. The molecule has 0 saturated heterocycles. The molecule has 2 N–H and O–H groups in total. The molecular weight excluding hydrogens is 337 g/mol. The quantitative estimate of drug-likeness (QED) is 0.797. The molecule has 4 nitrogen and oxygen atoms in total. The number of ketones is 1. The molecule has 0 bridgehead atoms. The van der Waals surface area contributed by atoms with Gasteiger partial charge in [0.15, 0.2) is 0 Å². The van der Waals surface area contributed by atoms with Crippen molar-refractivity contribution in [3.05, 3.63) is 58.1 Å². The molecule has 2 aromatic rings. The van der Waals surface area contributed by atoms with Crippen LogP contribution in [0.5, 0.6) is 5.75 Å². The van der Waals surface area contributed by atoms with Crippen molar-refractivity contribution >= 4 is 40.6 Å². The summed E-state index contributed by atoms with van der Waals surface area (Å²) >= 11 is 11.8. The summed E-state index contributed by atoms with van der Waals surface area (Å²) < 4.78 is 0. The van der Waals surface area contributed by atoms with Crippen molar-refractivity contribution in [3.63, 3.8) is 0 Å². The second kappa shape index (κ2) is 7.49. The molecule has 0 aliphatic rings. The maximum atomic E-state index is 12.4. The highest BCUT2D eigenvalue weighted by Crippen LogP contribution is 2.27. The van der Waals surface area contributed by atoms with E-state index in [2.05, 4.69) is 5.32 Å². The molecule has 23 heavy (non-hydrogen) atoms. The Bertz CT molecular complexity index is 729. The molecule has 120 valence electrons. The van der Waals surface area contributed by atoms with Gasteiger partial charge in [-0.3, -0.25) is 9.59 Å². The van der Waals surface area contributed by atoms with E-state index in [4.69, 9.17) is 23.2 Å². The number of phenolic OH excluding ortho intramolecular Hbond substituents is 1. The Morgan fingerprint density at radius 3 is 2.39 bits per heavy atom. The number of hydrogen-bond donors (Lipinski definition) is 2. The summed E-state index contributed by atoms with van der Waals surface area (Å²) in [6.07, 6.45) is 0.259. The monoisotopic (exact) mass is 351 g/mol. The van der Waals surface area contributed by atoms with Crippen molar-refractivity contribution in [2.75, 3.05) is 5.32 Å². The molecule has 0 fully saturated rings. The van der Waals surface area contributed by atoms with E-state index in [0.717, 1.165) is 5.56 Å². The average molecular weight is 352 g/mol. The Morgan fingerprint density at radius 1 is 1.13 bits per heavy atom. The summed E-state index contributed by atoms with van der Waals surface area (Å²) in [5.74, 6) is -1.61. The number of nitrogens with one attached hydrogen (secondary N) is 1. The first kappa shape index (κ1) is 17.3. The van der Waals surface area contributed by atoms with Crippen LogP contribution in [0.2, 0.25) is 10.0 Å². The molecule has 2 aromatic carbocycles. The number of carbonyl (C=O) groups excluding carboxylic acids is 2. The van der Waals surface area contributed by atoms with Crippen LogP contribution in [0.3, 0.4) is 0 Å². The summed E-state index contributed by atoms with van der Waals surface area (Å²) in [6, 6.07) is 11.2. The Kier molecular flexibility index (Phi) is 5.64. The molecule has 6 heteroatoms. The smallest absolute Gasteiger partial charge is 0.235 e. The fourth-order valence-corrected chi connectivity index (χ4v) is 2.40. The van der Waals surface area contributed by atoms with E-state index in [1.165, 1.54) is 25.1 Å². The lowest BCUT2D eigenvalue weighted by atomic mass is 9.95. The van der Waals surface area contributed by atoms with Gasteiger partial charge in [0.05, 0.1) is 10.7 Å². The summed E-state index contributed by atoms with van der Waals surface area (Å²) in [7, 11) is 0. The highest BCUT2D eigenvalue weighted by molar-refractivity contribution is 6.34. The summed E-state index contributed by atoms with van der Waals surface area (Å²) in [5.41, 5.74) is 1.09. The number of aromatic hydroxyl groups is 1. The minimum Gasteiger partial charge on any atom is -0.508 e. The number of hydrogen-bond acceptors (Lipinski definition) is 3. The van der Waals surface area contributed by atoms with Crippen molar-refractivity contribution in [3.8, 4) is 5.75 Å². The van der Waals surface area contributed by atoms with Crippen LogP contribution >= 0.6 is 23.2 Å². The van der Waals surface area contributed by atoms with Gasteiger partial charge in [0.2, 0.25) is 5.91 Å². The Hall–Kier alpha value is -2.04. The van der Waals surface area contributed by atoms with Gasteiger partial charge in [-0.2, -0.15) is 0 Å². The molecule has 1 atom stereocenters. The lowest BCUT2D eigenvalue weighted by molar-refractivity contribution is -0.129. The number of halogens is 2. The second-order valence-corrected chi connectivity index (χ2v) is 5.99. The van der Waals surface area contributed by atoms with E-state index in [1.807, 2.05) is 0 Å². The van der Waals surface area contributed by atoms with Crippen molar-refractivity contribution in [1.82, 2.24) is 0 Å². The first-order valence-electron chi connectivity index (χ1n) is 6.91. The maximum absolute atomic E-state index is 12.4. The summed E-state index contributed by atoms with van der Waals surface area (Å²) in [6.45, 7) is 1.37. The van der Waals surface area contributed by atoms with Crippen LogP contribution in [-0.4, -0.2) is 16.8 Å². The highest BCUT2D eigenvalue weighted by atomic mass is 35.5. The van der Waals surface area contributed by atoms with Crippen molar-refractivity contribution < 1.29 is 14.7 Å². The maximum Gasteiger partial charge on any atom is 0.235 e. The molecule has 0 aliphatic heterocycles. The van der Waals surface area contributed by atoms with Gasteiger partial charge in [-0.15, -0.1) is 0 Å². The minimum absolute atomic E-state index is 0.0261. The number of rotatable bonds is 5. The zero-order valence-corrected chi connectivity index (χ0v) is 13.9. The number of Topliss-reactive ketones (excluding diaryl/α,β-unsaturated/α-hetero) is 1. The van der Waals surface area contributed by atoms with Crippen molar-refractivity contribution in [1.29, 1.82) is 0 Å². The number of benzene rings is 2. The van der Waals surface area contributed by atoms with Gasteiger partial charge in [-0.1, -0.05) is 35.3 Å². The SMILES string of the molecule is CC(=O)C(Cc1ccc(Cl)cc1)C(=O)Nc1cc(O)ccc1Cl. The van der Waals surface area contributed by atoms with Crippen molar-refractivity contribution in [2.24, 2.45) is 5.92 Å². The third-order valence-corrected chi connectivity index (χ3v) is 3.95. The summed E-state index contributed by atoms with van der Waals surface area (Å²) in [5, 5.41) is 12.9. The number of phenols is 1. The van der Waals surface area contributed by atoms with E-state index in [1.54, 1.807) is 24.3 Å². The van der Waals surface area contributed by atoms with E-state index in [0.29, 0.717) is 5.02 Å². The number of amides is 1. The van der Waals surface area contributed by atoms with E-state index >= 15 is 0 Å². The predicted octanol–water partition coefficient (Wildman–Crippen LogP) is 4.09. The fourth-order valence-electron chi connectivity index (χ4n) is 2.11. The molecule has 0 heterocycles. The molecule has 0 saturated carbocycles. The molecule has 1 amide bonds. The van der Waals surface area contributed by atoms with Gasteiger partial charge in [0, 0.05) is 11.1 Å². The third kappa shape index (κ3) is 4.71. The molecular formula is C17H15Cl2NO3. The van der Waals surface area contributed by atoms with Crippen LogP contribution in [0, 0.1) is 5.92 Å². The van der Waals surface area contributed by atoms with E-state index in [9.17, 15) is 14.7 Å². The van der Waals surface area contributed by atoms with Crippen molar-refractivity contribution in [2.45, 2.75) is 13.3 Å². The van der Waals surface area contributed by atoms with Crippen LogP contribution < -0.4 is 5.32 Å². The minimum atomic E-state index is -0.852. The number of carbonyl (C=O) groups is 2. The average Bonchev–Trinajstić information content (AvgIpc) is 2.50. The summed E-state index contributed by atoms with van der Waals surface area (Å²) in [4.78, 5) is 24.2. The van der Waals surface area contributed by atoms with E-state index < -0.39 is 11.8 Å². The van der Waals surface area contributed by atoms with Gasteiger partial charge in [0.25, 0.3) is 0 Å². The second-order valence-electron chi connectivity index (χ2n) is 5.15. The normalized spacial score (nSPS) is 11.8. The molecule has 2 rings (SSSR count). The molecule has 0 aromatic heterocycles. The van der Waals surface area contributed by atoms with Crippen LogP contribution in [-0.2, 0) is 16.0 Å². The molecule has 1 unspecified atom stereocenters. The van der Waals surface area contributed by atoms with Gasteiger partial charge in [-0.05, 0) is 43.2 Å². The topological polar surface area (TPSA) is 66.4 Å². The van der Waals surface area contributed by atoms with E-state index in [-0.39, 0.29) is 28.7 Å². The van der Waals surface area contributed by atoms with Gasteiger partial charge in [0.1, 0.15) is 17.5 Å². The number of anilines is 1. The van der Waals surface area contributed by atoms with Gasteiger partial charge >= 0.3 is 0 Å². The van der Waals surface area contributed by atoms with Crippen LogP contribution in [0.25, 0.3) is 0 Å². The zero-order chi connectivity index (χ0) is 17.0. The lowest BCUT2D eigenvalue weighted by Crippen LogP contribution is -2.30. The van der Waals surface area contributed by atoms with Gasteiger partial charge < -0.3 is 10.4 Å². The molecule has 0 radical (unpaired) electrons. The zero-order valence-electron chi connectivity index (χ0n) is 12.3. The van der Waals surface area contributed by atoms with Crippen LogP contribution in [0.1, 0.15) is 12.5 Å². The first-order chi connectivity index (χ1) is 10.9. The predicted molar refractivity (Wildman–Crippen MR) is 91.1 cm³/mol. The highest BCUT2D eigenvalue weighted by Gasteiger charge is 2.24. The first-order valence-corrected chi connectivity index (χ1v) is 7.66. The molecule has 0 aliphatic carbocycles. The Morgan fingerprint density at radius 2 is 1.78 bits per heavy atom. The Labute approximate surface area is 144 Å².